The third kappa shape index (κ3) is 2.05. The van der Waals surface area contributed by atoms with Crippen LogP contribution in [0.1, 0.15) is 77.0 Å². The Morgan fingerprint density at radius 2 is 1.41 bits per heavy atom. The average molecular weight is 235 g/mol. The summed E-state index contributed by atoms with van der Waals surface area (Å²) in [7, 11) is 0. The molecule has 0 aliphatic heterocycles. The number of hydrogen-bond donors (Lipinski definition) is 1. The Balaban J connectivity index is 1.68. The van der Waals surface area contributed by atoms with Crippen molar-refractivity contribution in [3.8, 4) is 0 Å². The van der Waals surface area contributed by atoms with Gasteiger partial charge in [-0.05, 0) is 81.1 Å². The minimum Gasteiger partial charge on any atom is -0.330 e. The first-order valence-corrected chi connectivity index (χ1v) is 7.99. The quantitative estimate of drug-likeness (QED) is 0.777. The Hall–Kier alpha value is -0.0400. The molecular weight excluding hydrogens is 206 g/mol. The van der Waals surface area contributed by atoms with E-state index in [4.69, 9.17) is 5.73 Å². The molecular formula is C16H29N. The van der Waals surface area contributed by atoms with Gasteiger partial charge in [-0.1, -0.05) is 19.3 Å². The summed E-state index contributed by atoms with van der Waals surface area (Å²) in [6.45, 7) is 0.913. The molecule has 2 N–H and O–H groups in total. The minimum absolute atomic E-state index is 0.686. The van der Waals surface area contributed by atoms with Gasteiger partial charge in [0.1, 0.15) is 0 Å². The van der Waals surface area contributed by atoms with Crippen LogP contribution in [0.3, 0.4) is 0 Å². The molecule has 1 heteroatoms. The fourth-order valence-corrected chi connectivity index (χ4v) is 5.30. The van der Waals surface area contributed by atoms with E-state index in [1.165, 1.54) is 64.2 Å². The number of fused-ring (bicyclic) bond motifs is 3. The fourth-order valence-electron chi connectivity index (χ4n) is 5.30. The molecule has 0 amide bonds. The Labute approximate surface area is 107 Å². The molecule has 98 valence electrons. The monoisotopic (exact) mass is 235 g/mol. The molecule has 17 heavy (non-hydrogen) atoms. The molecule has 4 saturated carbocycles. The van der Waals surface area contributed by atoms with Gasteiger partial charge in [0.05, 0.1) is 0 Å². The van der Waals surface area contributed by atoms with Gasteiger partial charge in [0.2, 0.25) is 0 Å². The van der Waals surface area contributed by atoms with Crippen molar-refractivity contribution in [2.24, 2.45) is 22.5 Å². The number of hydrogen-bond acceptors (Lipinski definition) is 1. The lowest BCUT2D eigenvalue weighted by atomic mass is 9.48. The van der Waals surface area contributed by atoms with Crippen molar-refractivity contribution >= 4 is 0 Å². The molecule has 2 bridgehead atoms. The first-order chi connectivity index (χ1) is 8.29. The molecule has 0 unspecified atom stereocenters. The highest BCUT2D eigenvalue weighted by atomic mass is 14.6. The molecule has 1 nitrogen and oxygen atoms in total. The number of rotatable bonds is 3. The lowest BCUT2D eigenvalue weighted by Gasteiger charge is -2.57. The van der Waals surface area contributed by atoms with Crippen LogP contribution in [0.5, 0.6) is 0 Å². The Kier molecular flexibility index (Phi) is 3.23. The van der Waals surface area contributed by atoms with Crippen LogP contribution in [0.25, 0.3) is 0 Å². The zero-order valence-electron chi connectivity index (χ0n) is 11.3. The van der Waals surface area contributed by atoms with Crippen molar-refractivity contribution in [2.45, 2.75) is 77.0 Å². The van der Waals surface area contributed by atoms with E-state index in [-0.39, 0.29) is 0 Å². The van der Waals surface area contributed by atoms with E-state index in [0.717, 1.165) is 17.9 Å². The summed E-state index contributed by atoms with van der Waals surface area (Å²) >= 11 is 0. The SMILES string of the molecule is NCCC12CCC(C3CCCCC3)(CC1)CC2. The molecule has 4 fully saturated rings. The summed E-state index contributed by atoms with van der Waals surface area (Å²) < 4.78 is 0. The van der Waals surface area contributed by atoms with Crippen LogP contribution < -0.4 is 5.73 Å². The smallest absolute Gasteiger partial charge is 0.00720 e. The maximum Gasteiger partial charge on any atom is -0.00720 e. The molecule has 0 radical (unpaired) electrons. The van der Waals surface area contributed by atoms with Crippen LogP contribution in [0.4, 0.5) is 0 Å². The second-order valence-electron chi connectivity index (χ2n) is 7.24. The third-order valence-corrected chi connectivity index (χ3v) is 6.61. The van der Waals surface area contributed by atoms with Gasteiger partial charge >= 0.3 is 0 Å². The van der Waals surface area contributed by atoms with E-state index in [1.807, 2.05) is 0 Å². The van der Waals surface area contributed by atoms with Crippen molar-refractivity contribution < 1.29 is 0 Å². The van der Waals surface area contributed by atoms with Crippen LogP contribution in [0.15, 0.2) is 0 Å². The first kappa shape index (κ1) is 12.0. The van der Waals surface area contributed by atoms with Crippen molar-refractivity contribution in [2.75, 3.05) is 6.54 Å². The highest BCUT2D eigenvalue weighted by molar-refractivity contribution is 5.02. The van der Waals surface area contributed by atoms with Gasteiger partial charge in [-0.2, -0.15) is 0 Å². The van der Waals surface area contributed by atoms with Gasteiger partial charge < -0.3 is 5.73 Å². The van der Waals surface area contributed by atoms with Crippen molar-refractivity contribution in [1.29, 1.82) is 0 Å². The van der Waals surface area contributed by atoms with Gasteiger partial charge in [0.15, 0.2) is 0 Å². The predicted octanol–water partition coefficient (Wildman–Crippen LogP) is 4.26. The molecule has 0 aromatic heterocycles. The van der Waals surface area contributed by atoms with Crippen molar-refractivity contribution in [1.82, 2.24) is 0 Å². The molecule has 4 aliphatic carbocycles. The Morgan fingerprint density at radius 3 is 1.94 bits per heavy atom. The van der Waals surface area contributed by atoms with Crippen LogP contribution in [0.2, 0.25) is 0 Å². The highest BCUT2D eigenvalue weighted by Crippen LogP contribution is 2.62. The lowest BCUT2D eigenvalue weighted by Crippen LogP contribution is -2.46. The van der Waals surface area contributed by atoms with Crippen molar-refractivity contribution in [3.05, 3.63) is 0 Å². The molecule has 0 heterocycles. The van der Waals surface area contributed by atoms with Crippen molar-refractivity contribution in [3.63, 3.8) is 0 Å². The Bertz CT molecular complexity index is 240. The van der Waals surface area contributed by atoms with Gasteiger partial charge in [-0.25, -0.2) is 0 Å². The Morgan fingerprint density at radius 1 is 0.824 bits per heavy atom. The van der Waals surface area contributed by atoms with E-state index in [2.05, 4.69) is 0 Å². The summed E-state index contributed by atoms with van der Waals surface area (Å²) in [5.41, 5.74) is 7.29. The van der Waals surface area contributed by atoms with E-state index in [9.17, 15) is 0 Å². The van der Waals surface area contributed by atoms with Gasteiger partial charge in [0, 0.05) is 0 Å². The van der Waals surface area contributed by atoms with E-state index in [1.54, 1.807) is 12.8 Å². The normalized spacial score (nSPS) is 42.9. The molecule has 0 spiro atoms. The summed E-state index contributed by atoms with van der Waals surface area (Å²) in [5.74, 6) is 1.09. The molecule has 0 saturated heterocycles. The molecule has 0 aromatic rings. The van der Waals surface area contributed by atoms with E-state index in [0.29, 0.717) is 5.41 Å². The standard InChI is InChI=1S/C16H29N/c17-13-12-15-6-9-16(10-7-15,11-8-15)14-4-2-1-3-5-14/h14H,1-13,17H2. The third-order valence-electron chi connectivity index (χ3n) is 6.61. The molecule has 4 rings (SSSR count). The predicted molar refractivity (Wildman–Crippen MR) is 72.8 cm³/mol. The summed E-state index contributed by atoms with van der Waals surface area (Å²) in [5, 5.41) is 0. The maximum absolute atomic E-state index is 5.81. The minimum atomic E-state index is 0.686. The van der Waals surface area contributed by atoms with Crippen LogP contribution in [-0.4, -0.2) is 6.54 Å². The molecule has 0 atom stereocenters. The first-order valence-electron chi connectivity index (χ1n) is 7.99. The van der Waals surface area contributed by atoms with Gasteiger partial charge in [0.25, 0.3) is 0 Å². The van der Waals surface area contributed by atoms with E-state index < -0.39 is 0 Å². The topological polar surface area (TPSA) is 26.0 Å². The second-order valence-corrected chi connectivity index (χ2v) is 7.24. The zero-order chi connectivity index (χ0) is 11.8. The lowest BCUT2D eigenvalue weighted by molar-refractivity contribution is -0.0598. The fraction of sp³-hybridized carbons (Fsp3) is 1.00. The highest BCUT2D eigenvalue weighted by Gasteiger charge is 2.51. The van der Waals surface area contributed by atoms with Crippen LogP contribution >= 0.6 is 0 Å². The average Bonchev–Trinajstić information content (AvgIpc) is 2.42. The molecule has 0 aromatic carbocycles. The summed E-state index contributed by atoms with van der Waals surface area (Å²) in [4.78, 5) is 0. The zero-order valence-corrected chi connectivity index (χ0v) is 11.3. The molecule has 4 aliphatic rings. The summed E-state index contributed by atoms with van der Waals surface area (Å²) in [6, 6.07) is 0. The summed E-state index contributed by atoms with van der Waals surface area (Å²) in [6.07, 6.45) is 18.0. The van der Waals surface area contributed by atoms with Crippen LogP contribution in [-0.2, 0) is 0 Å². The van der Waals surface area contributed by atoms with Gasteiger partial charge in [-0.3, -0.25) is 0 Å². The maximum atomic E-state index is 5.81. The number of nitrogens with two attached hydrogens (primary N) is 1. The van der Waals surface area contributed by atoms with Gasteiger partial charge in [-0.15, -0.1) is 0 Å². The van der Waals surface area contributed by atoms with E-state index >= 15 is 0 Å². The van der Waals surface area contributed by atoms with Crippen LogP contribution in [0, 0.1) is 16.7 Å². The largest absolute Gasteiger partial charge is 0.330 e. The second kappa shape index (κ2) is 4.57.